The van der Waals surface area contributed by atoms with Crippen LogP contribution >= 0.6 is 14.7 Å². The van der Waals surface area contributed by atoms with Crippen molar-refractivity contribution in [1.82, 2.24) is 4.58 Å². The van der Waals surface area contributed by atoms with Gasteiger partial charge in [-0.2, -0.15) is 0 Å². The molecule has 0 radical (unpaired) electrons. The summed E-state index contributed by atoms with van der Waals surface area (Å²) in [4.78, 5) is 49.5. The van der Waals surface area contributed by atoms with E-state index in [-0.39, 0.29) is 12.7 Å². The lowest BCUT2D eigenvalue weighted by Gasteiger charge is -2.38. The second-order valence-electron chi connectivity index (χ2n) is 13.3. The number of anilines is 1. The van der Waals surface area contributed by atoms with E-state index in [0.29, 0.717) is 44.9 Å². The normalized spacial score (nSPS) is 15.4. The molecule has 2 heterocycles. The fourth-order valence-corrected chi connectivity index (χ4v) is 9.96. The summed E-state index contributed by atoms with van der Waals surface area (Å²) in [7, 11) is -0.703. The van der Waals surface area contributed by atoms with Gasteiger partial charge >= 0.3 is 5.97 Å². The monoisotopic (exact) mass is 766 g/mol. The van der Waals surface area contributed by atoms with Gasteiger partial charge in [0.1, 0.15) is 36.9 Å². The van der Waals surface area contributed by atoms with Crippen molar-refractivity contribution in [3.8, 4) is 22.8 Å². The van der Waals surface area contributed by atoms with Gasteiger partial charge in [0, 0.05) is 89.1 Å². The summed E-state index contributed by atoms with van der Waals surface area (Å²) < 4.78 is 49.8. The van der Waals surface area contributed by atoms with E-state index >= 15 is 0 Å². The molecular formula is C39H46N2O10P2-2. The van der Waals surface area contributed by atoms with Crippen LogP contribution in [0.4, 0.5) is 5.69 Å². The average molecular weight is 767 g/mol. The number of benzene rings is 4. The molecule has 0 bridgehead atoms. The van der Waals surface area contributed by atoms with Gasteiger partial charge < -0.3 is 48.0 Å². The van der Waals surface area contributed by atoms with Crippen LogP contribution in [0.5, 0.6) is 11.5 Å². The number of aryl methyl sites for hydroxylation is 2. The van der Waals surface area contributed by atoms with Gasteiger partial charge in [-0.25, -0.2) is 4.58 Å². The van der Waals surface area contributed by atoms with E-state index in [4.69, 9.17) is 17.2 Å². The number of carbonyl (C=O) groups is 2. The molecule has 6 rings (SSSR count). The first kappa shape index (κ1) is 39.5. The van der Waals surface area contributed by atoms with Crippen molar-refractivity contribution in [2.45, 2.75) is 39.8 Å². The minimum absolute atomic E-state index is 0. The van der Waals surface area contributed by atoms with E-state index < -0.39 is 57.5 Å². The number of nitrogens with zero attached hydrogens (tertiary/aromatic N) is 2. The predicted molar refractivity (Wildman–Crippen MR) is 204 cm³/mol. The third kappa shape index (κ3) is 9.08. The maximum Gasteiger partial charge on any atom is 0.303 e. The van der Waals surface area contributed by atoms with Crippen molar-refractivity contribution in [1.29, 1.82) is 0 Å². The molecule has 3 aliphatic rings. The lowest BCUT2D eigenvalue weighted by molar-refractivity contribution is -0.305. The van der Waals surface area contributed by atoms with Gasteiger partial charge in [0.2, 0.25) is 5.36 Å². The second kappa shape index (κ2) is 16.1. The molecule has 1 N–H and O–H groups in total. The molecule has 3 aromatic carbocycles. The molecule has 0 saturated heterocycles. The highest BCUT2D eigenvalue weighted by molar-refractivity contribution is 7.65. The van der Waals surface area contributed by atoms with Crippen LogP contribution in [0.1, 0.15) is 51.2 Å². The molecule has 0 fully saturated rings. The van der Waals surface area contributed by atoms with Crippen molar-refractivity contribution in [3.05, 3.63) is 100 Å². The number of hydrogen-bond donors (Lipinski definition) is 1. The average Bonchev–Trinajstić information content (AvgIpc) is 3.11. The van der Waals surface area contributed by atoms with E-state index in [0.717, 1.165) is 22.2 Å². The van der Waals surface area contributed by atoms with Gasteiger partial charge in [-0.05, 0) is 61.8 Å². The van der Waals surface area contributed by atoms with Crippen molar-refractivity contribution >= 4 is 48.6 Å². The van der Waals surface area contributed by atoms with Gasteiger partial charge in [0.15, 0.2) is 0 Å². The SMILES string of the molecule is C.Cc1ccc2c(P(=O)([O-])CCC(=O)O)c3ccc(=[N+](C)C)cc-3oc2c1.Cc1ccc2c(c1)Oc1cc(N(C)C)ccc1C2P(=O)([O-])CCC(=O)[O-].[2H][2H]. The number of carboxylic acids is 2. The maximum atomic E-state index is 13.0. The highest BCUT2D eigenvalue weighted by atomic mass is 31.2. The predicted octanol–water partition coefficient (Wildman–Crippen LogP) is 4.53. The van der Waals surface area contributed by atoms with Crippen LogP contribution in [-0.2, 0) is 18.7 Å². The Hall–Kier alpha value is -4.73. The molecule has 53 heavy (non-hydrogen) atoms. The fraction of sp³-hybridized carbons (Fsp3) is 0.308. The molecule has 3 aromatic rings. The van der Waals surface area contributed by atoms with E-state index in [2.05, 4.69) is 0 Å². The lowest BCUT2D eigenvalue weighted by atomic mass is 9.98. The van der Waals surface area contributed by atoms with Crippen LogP contribution < -0.4 is 39.8 Å². The molecular weight excluding hydrogens is 718 g/mol. The Morgan fingerprint density at radius 1 is 0.887 bits per heavy atom. The zero-order valence-corrected chi connectivity index (χ0v) is 31.5. The Labute approximate surface area is 312 Å². The Morgan fingerprint density at radius 2 is 1.51 bits per heavy atom. The summed E-state index contributed by atoms with van der Waals surface area (Å²) in [6.07, 6.45) is -1.84. The van der Waals surface area contributed by atoms with Crippen molar-refractivity contribution in [2.24, 2.45) is 0 Å². The van der Waals surface area contributed by atoms with Gasteiger partial charge in [0.25, 0.3) is 0 Å². The number of rotatable bonds is 9. The second-order valence-corrected chi connectivity index (χ2v) is 18.0. The van der Waals surface area contributed by atoms with Crippen LogP contribution in [-0.4, -0.2) is 57.6 Å². The summed E-state index contributed by atoms with van der Waals surface area (Å²) in [5.74, 6) is -1.09. The molecule has 3 atom stereocenters. The third-order valence-corrected chi connectivity index (χ3v) is 13.0. The van der Waals surface area contributed by atoms with Crippen LogP contribution in [0.2, 0.25) is 0 Å². The Balaban J connectivity index is 0.000000278. The summed E-state index contributed by atoms with van der Waals surface area (Å²) >= 11 is 0. The lowest BCUT2D eigenvalue weighted by Crippen LogP contribution is -2.26. The first-order valence-corrected chi connectivity index (χ1v) is 20.2. The van der Waals surface area contributed by atoms with Crippen LogP contribution in [0.25, 0.3) is 22.3 Å². The van der Waals surface area contributed by atoms with Gasteiger partial charge in [0.05, 0.1) is 18.1 Å². The molecule has 0 aromatic heterocycles. The summed E-state index contributed by atoms with van der Waals surface area (Å²) in [6.45, 7) is 3.80. The zero-order chi connectivity index (χ0) is 40.1. The summed E-state index contributed by atoms with van der Waals surface area (Å²) in [6, 6.07) is 21.4. The highest BCUT2D eigenvalue weighted by Crippen LogP contribution is 2.62. The van der Waals surface area contributed by atoms with Gasteiger partial charge in [-0.3, -0.25) is 4.79 Å². The molecule has 3 unspecified atom stereocenters. The topological polar surface area (TPSA) is 186 Å². The van der Waals surface area contributed by atoms with Crippen molar-refractivity contribution in [2.75, 3.05) is 45.4 Å². The summed E-state index contributed by atoms with van der Waals surface area (Å²) in [5, 5.41) is 21.2. The molecule has 2 aliphatic heterocycles. The number of carbonyl (C=O) groups excluding carboxylic acids is 1. The number of hydrogen-bond acceptors (Lipinski definition) is 10. The maximum absolute atomic E-state index is 13.0. The van der Waals surface area contributed by atoms with Crippen molar-refractivity contribution in [3.63, 3.8) is 0 Å². The van der Waals surface area contributed by atoms with Crippen LogP contribution in [0.15, 0.2) is 77.2 Å². The number of fused-ring (bicyclic) bond motifs is 4. The minimum atomic E-state index is -4.15. The number of ether oxygens (including phenoxy) is 1. The van der Waals surface area contributed by atoms with Crippen LogP contribution in [0.3, 0.4) is 0 Å². The first-order valence-electron chi connectivity index (χ1n) is 17.5. The molecule has 12 nitrogen and oxygen atoms in total. The quantitative estimate of drug-likeness (QED) is 0.126. The fourth-order valence-electron chi connectivity index (χ4n) is 6.12. The Bertz CT molecular complexity index is 2340. The van der Waals surface area contributed by atoms with Crippen molar-refractivity contribution < 1.29 is 50.8 Å². The Kier molecular flexibility index (Phi) is 12.0. The van der Waals surface area contributed by atoms with E-state index in [1.165, 1.54) is 0 Å². The molecule has 1 aliphatic carbocycles. The largest absolute Gasteiger partial charge is 0.799 e. The third-order valence-electron chi connectivity index (χ3n) is 8.82. The first-order chi connectivity index (χ1) is 25.4. The van der Waals surface area contributed by atoms with E-state index in [9.17, 15) is 33.6 Å². The van der Waals surface area contributed by atoms with E-state index in [1.807, 2.05) is 75.8 Å². The van der Waals surface area contributed by atoms with E-state index in [1.54, 1.807) is 48.5 Å². The molecule has 0 spiro atoms. The molecule has 284 valence electrons. The highest BCUT2D eigenvalue weighted by Gasteiger charge is 2.35. The van der Waals surface area contributed by atoms with Gasteiger partial charge in [-0.1, -0.05) is 37.8 Å². The Morgan fingerprint density at radius 3 is 2.13 bits per heavy atom. The van der Waals surface area contributed by atoms with Crippen LogP contribution in [0, 0.1) is 13.8 Å². The molecule has 0 amide bonds. The zero-order valence-electron chi connectivity index (χ0n) is 31.7. The number of carboxylic acid groups (broad SMARTS) is 2. The molecule has 0 saturated carbocycles. The number of aliphatic carboxylic acids is 2. The minimum Gasteiger partial charge on any atom is -0.799 e. The summed E-state index contributed by atoms with van der Waals surface area (Å²) in [5.41, 5.74) is 3.85. The molecule has 14 heteroatoms. The standard InChI is InChI=1S/C19H22NO5P.C19H20NO5P.CH4.H2/c2*1-12-4-6-14-16(10-12)25-17-11-13(20(2)3)5-7-15(17)19(14)26(23,24)9-8-18(21)22;;/h4-7,10-11,19H,8-9H2,1-3H3,(H,21,22)(H,23,24);4-7,10-11H,8-9H2,1-3H3,(H-,21,22,23,24);1H4;1H/p-2/i;;;1+1D. The van der Waals surface area contributed by atoms with Gasteiger partial charge in [-0.15, -0.1) is 0 Å². The smallest absolute Gasteiger partial charge is 0.303 e.